The van der Waals surface area contributed by atoms with Crippen LogP contribution in [0, 0.1) is 0 Å². The van der Waals surface area contributed by atoms with Crippen LogP contribution in [0.25, 0.3) is 17.5 Å². The second-order valence-electron chi connectivity index (χ2n) is 6.59. The first-order chi connectivity index (χ1) is 15.6. The van der Waals surface area contributed by atoms with Crippen LogP contribution in [0.3, 0.4) is 0 Å². The highest BCUT2D eigenvalue weighted by Crippen LogP contribution is 2.18. The molecule has 2 N–H and O–H groups in total. The summed E-state index contributed by atoms with van der Waals surface area (Å²) in [6.45, 7) is -0.0316. The summed E-state index contributed by atoms with van der Waals surface area (Å²) in [6, 6.07) is 18.9. The lowest BCUT2D eigenvalue weighted by Gasteiger charge is -2.09. The van der Waals surface area contributed by atoms with E-state index in [1.54, 1.807) is 66.7 Å². The molecule has 0 bridgehead atoms. The van der Waals surface area contributed by atoms with Crippen molar-refractivity contribution in [1.29, 1.82) is 0 Å². The highest BCUT2D eigenvalue weighted by atomic mass is 35.5. The van der Waals surface area contributed by atoms with Crippen molar-refractivity contribution in [3.8, 4) is 11.4 Å². The number of aromatic nitrogens is 2. The summed E-state index contributed by atoms with van der Waals surface area (Å²) in [5, 5.41) is 9.78. The molecule has 0 saturated heterocycles. The summed E-state index contributed by atoms with van der Waals surface area (Å²) >= 11 is 5.89. The largest absolute Gasteiger partial charge is 0.465 e. The Morgan fingerprint density at radius 2 is 1.78 bits per heavy atom. The number of halogens is 1. The molecule has 2 aromatic carbocycles. The Labute approximate surface area is 187 Å². The smallest absolute Gasteiger partial charge is 0.268 e. The summed E-state index contributed by atoms with van der Waals surface area (Å²) in [4.78, 5) is 29.6. The Balaban J connectivity index is 1.46. The van der Waals surface area contributed by atoms with Gasteiger partial charge in [-0.25, -0.2) is 0 Å². The number of carbonyl (C=O) groups is 2. The Kier molecular flexibility index (Phi) is 6.43. The third-order valence-corrected chi connectivity index (χ3v) is 4.58. The van der Waals surface area contributed by atoms with Crippen molar-refractivity contribution < 1.29 is 18.5 Å². The zero-order valence-corrected chi connectivity index (χ0v) is 17.4. The zero-order chi connectivity index (χ0) is 22.3. The van der Waals surface area contributed by atoms with Crippen LogP contribution in [0.5, 0.6) is 0 Å². The fourth-order valence-corrected chi connectivity index (χ4v) is 2.88. The van der Waals surface area contributed by atoms with Crippen LogP contribution in [0.4, 0.5) is 0 Å². The molecule has 0 aliphatic heterocycles. The minimum atomic E-state index is -0.545. The lowest BCUT2D eigenvalue weighted by molar-refractivity contribution is -0.118. The van der Waals surface area contributed by atoms with E-state index in [0.29, 0.717) is 22.2 Å². The Morgan fingerprint density at radius 3 is 2.50 bits per heavy atom. The molecule has 2 heterocycles. The second kappa shape index (κ2) is 9.76. The summed E-state index contributed by atoms with van der Waals surface area (Å²) < 4.78 is 10.5. The molecule has 0 atom stereocenters. The number of nitrogens with one attached hydrogen (secondary N) is 2. The highest BCUT2D eigenvalue weighted by molar-refractivity contribution is 6.30. The molecule has 0 unspecified atom stereocenters. The SMILES string of the molecule is O=C(NCc1nc(-c2ccc(Cl)cc2)no1)/C(=C/c1ccco1)NC(=O)c1ccccc1. The number of hydrogen-bond acceptors (Lipinski definition) is 6. The minimum Gasteiger partial charge on any atom is -0.465 e. The Hall–Kier alpha value is -4.17. The lowest BCUT2D eigenvalue weighted by atomic mass is 10.2. The third-order valence-electron chi connectivity index (χ3n) is 4.33. The molecule has 0 aliphatic rings. The number of carbonyl (C=O) groups excluding carboxylic acids is 2. The fraction of sp³-hybridized carbons (Fsp3) is 0.0435. The standard InChI is InChI=1S/C23H17ClN4O4/c24-17-10-8-15(9-11-17)21-27-20(32-28-21)14-25-23(30)19(13-18-7-4-12-31-18)26-22(29)16-5-2-1-3-6-16/h1-13H,14H2,(H,25,30)(H,26,29)/b19-13-. The first-order valence-corrected chi connectivity index (χ1v) is 9.94. The maximum absolute atomic E-state index is 12.8. The van der Waals surface area contributed by atoms with E-state index in [4.69, 9.17) is 20.5 Å². The molecule has 160 valence electrons. The van der Waals surface area contributed by atoms with Crippen LogP contribution in [0.2, 0.25) is 5.02 Å². The Morgan fingerprint density at radius 1 is 1.00 bits per heavy atom. The predicted octanol–water partition coefficient (Wildman–Crippen LogP) is 4.07. The van der Waals surface area contributed by atoms with Gasteiger partial charge in [0.05, 0.1) is 12.8 Å². The maximum atomic E-state index is 12.8. The zero-order valence-electron chi connectivity index (χ0n) is 16.6. The number of benzene rings is 2. The lowest BCUT2D eigenvalue weighted by Crippen LogP contribution is -2.34. The molecule has 0 saturated carbocycles. The maximum Gasteiger partial charge on any atom is 0.268 e. The van der Waals surface area contributed by atoms with Crippen LogP contribution in [-0.2, 0) is 11.3 Å². The molecule has 32 heavy (non-hydrogen) atoms. The van der Waals surface area contributed by atoms with Gasteiger partial charge in [-0.2, -0.15) is 4.98 Å². The molecule has 0 fully saturated rings. The molecule has 2 aromatic heterocycles. The van der Waals surface area contributed by atoms with Gasteiger partial charge in [-0.05, 0) is 48.5 Å². The van der Waals surface area contributed by atoms with Crippen LogP contribution in [0.15, 0.2) is 87.6 Å². The normalized spacial score (nSPS) is 11.2. The van der Waals surface area contributed by atoms with E-state index in [1.807, 2.05) is 0 Å². The van der Waals surface area contributed by atoms with Crippen molar-refractivity contribution in [2.75, 3.05) is 0 Å². The van der Waals surface area contributed by atoms with Gasteiger partial charge in [-0.1, -0.05) is 35.0 Å². The quantitative estimate of drug-likeness (QED) is 0.412. The topological polar surface area (TPSA) is 110 Å². The van der Waals surface area contributed by atoms with Crippen molar-refractivity contribution >= 4 is 29.5 Å². The van der Waals surface area contributed by atoms with Crippen molar-refractivity contribution in [1.82, 2.24) is 20.8 Å². The van der Waals surface area contributed by atoms with Gasteiger partial charge in [-0.15, -0.1) is 0 Å². The predicted molar refractivity (Wildman–Crippen MR) is 117 cm³/mol. The van der Waals surface area contributed by atoms with Crippen molar-refractivity contribution in [3.05, 3.63) is 101 Å². The summed E-state index contributed by atoms with van der Waals surface area (Å²) in [7, 11) is 0. The molecule has 4 rings (SSSR count). The third kappa shape index (κ3) is 5.30. The van der Waals surface area contributed by atoms with Crippen molar-refractivity contribution in [2.45, 2.75) is 6.54 Å². The van der Waals surface area contributed by atoms with E-state index in [2.05, 4.69) is 20.8 Å². The van der Waals surface area contributed by atoms with Gasteiger partial charge in [0.25, 0.3) is 11.8 Å². The number of nitrogens with zero attached hydrogens (tertiary/aromatic N) is 2. The number of hydrogen-bond donors (Lipinski definition) is 2. The highest BCUT2D eigenvalue weighted by Gasteiger charge is 2.17. The molecule has 4 aromatic rings. The molecule has 2 amide bonds. The van der Waals surface area contributed by atoms with Crippen LogP contribution in [0.1, 0.15) is 22.0 Å². The van der Waals surface area contributed by atoms with E-state index in [9.17, 15) is 9.59 Å². The molecular formula is C23H17ClN4O4. The van der Waals surface area contributed by atoms with E-state index < -0.39 is 11.8 Å². The summed E-state index contributed by atoms with van der Waals surface area (Å²) in [5.74, 6) is 0.00861. The van der Waals surface area contributed by atoms with E-state index in [1.165, 1.54) is 12.3 Å². The first kappa shape index (κ1) is 21.1. The van der Waals surface area contributed by atoms with Gasteiger partial charge in [0.2, 0.25) is 11.7 Å². The van der Waals surface area contributed by atoms with Crippen LogP contribution < -0.4 is 10.6 Å². The Bertz CT molecular complexity index is 1230. The summed E-state index contributed by atoms with van der Waals surface area (Å²) in [5.41, 5.74) is 1.14. The molecule has 0 radical (unpaired) electrons. The van der Waals surface area contributed by atoms with Gasteiger partial charge < -0.3 is 19.6 Å². The van der Waals surface area contributed by atoms with Crippen molar-refractivity contribution in [3.63, 3.8) is 0 Å². The van der Waals surface area contributed by atoms with Crippen LogP contribution >= 0.6 is 11.6 Å². The van der Waals surface area contributed by atoms with Gasteiger partial charge in [0, 0.05) is 22.2 Å². The molecular weight excluding hydrogens is 432 g/mol. The molecule has 0 spiro atoms. The van der Waals surface area contributed by atoms with E-state index in [-0.39, 0.29) is 18.1 Å². The molecule has 9 heteroatoms. The van der Waals surface area contributed by atoms with Gasteiger partial charge in [0.15, 0.2) is 0 Å². The number of furan rings is 1. The second-order valence-corrected chi connectivity index (χ2v) is 7.03. The minimum absolute atomic E-state index is 0.00578. The van der Waals surface area contributed by atoms with E-state index >= 15 is 0 Å². The van der Waals surface area contributed by atoms with E-state index in [0.717, 1.165) is 5.56 Å². The summed E-state index contributed by atoms with van der Waals surface area (Å²) in [6.07, 6.45) is 2.90. The number of rotatable bonds is 7. The van der Waals surface area contributed by atoms with Gasteiger partial charge in [-0.3, -0.25) is 9.59 Å². The fourth-order valence-electron chi connectivity index (χ4n) is 2.75. The van der Waals surface area contributed by atoms with Crippen LogP contribution in [-0.4, -0.2) is 22.0 Å². The molecule has 8 nitrogen and oxygen atoms in total. The van der Waals surface area contributed by atoms with Gasteiger partial charge >= 0.3 is 0 Å². The monoisotopic (exact) mass is 448 g/mol. The average Bonchev–Trinajstić information content (AvgIpc) is 3.50. The van der Waals surface area contributed by atoms with Gasteiger partial charge in [0.1, 0.15) is 11.5 Å². The van der Waals surface area contributed by atoms with Crippen molar-refractivity contribution in [2.24, 2.45) is 0 Å². The first-order valence-electron chi connectivity index (χ1n) is 9.57. The average molecular weight is 449 g/mol. The number of amides is 2. The molecule has 0 aliphatic carbocycles.